The highest BCUT2D eigenvalue weighted by atomic mass is 16.5. The van der Waals surface area contributed by atoms with Crippen LogP contribution in [0.3, 0.4) is 0 Å². The molecule has 1 aromatic carbocycles. The molecule has 5 heteroatoms. The smallest absolute Gasteiger partial charge is 0.171 e. The van der Waals surface area contributed by atoms with Gasteiger partial charge in [0.2, 0.25) is 0 Å². The number of hydrogen-bond acceptors (Lipinski definition) is 5. The summed E-state index contributed by atoms with van der Waals surface area (Å²) in [4.78, 5) is 12.0. The fourth-order valence-corrected chi connectivity index (χ4v) is 2.22. The Kier molecular flexibility index (Phi) is 4.63. The molecule has 1 aliphatic rings. The van der Waals surface area contributed by atoms with Crippen LogP contribution >= 0.6 is 0 Å². The van der Waals surface area contributed by atoms with Crippen LogP contribution in [0.5, 0.6) is 11.5 Å². The number of Topliss-reactive ketones (excluding diaryl/α,β-unsaturated/α-hetero) is 1. The van der Waals surface area contributed by atoms with E-state index in [4.69, 9.17) is 18.9 Å². The molecule has 0 radical (unpaired) electrons. The third-order valence-corrected chi connectivity index (χ3v) is 3.18. The van der Waals surface area contributed by atoms with Gasteiger partial charge in [0.05, 0.1) is 45.7 Å². The van der Waals surface area contributed by atoms with Crippen LogP contribution in [-0.2, 0) is 14.3 Å². The zero-order chi connectivity index (χ0) is 14.5. The van der Waals surface area contributed by atoms with E-state index in [-0.39, 0.29) is 12.4 Å². The second-order valence-electron chi connectivity index (χ2n) is 4.28. The number of para-hydroxylation sites is 1. The van der Waals surface area contributed by atoms with E-state index in [0.29, 0.717) is 41.4 Å². The lowest BCUT2D eigenvalue weighted by Gasteiger charge is -2.20. The van der Waals surface area contributed by atoms with E-state index >= 15 is 0 Å². The van der Waals surface area contributed by atoms with Gasteiger partial charge in [-0.3, -0.25) is 4.79 Å². The van der Waals surface area contributed by atoms with Crippen LogP contribution in [0.1, 0.15) is 12.0 Å². The Morgan fingerprint density at radius 3 is 2.60 bits per heavy atom. The number of carbonyl (C=O) groups is 1. The van der Waals surface area contributed by atoms with Crippen LogP contribution in [0.15, 0.2) is 23.8 Å². The summed E-state index contributed by atoms with van der Waals surface area (Å²) in [7, 11) is 4.65. The topological polar surface area (TPSA) is 54.0 Å². The van der Waals surface area contributed by atoms with Crippen molar-refractivity contribution in [2.45, 2.75) is 6.42 Å². The summed E-state index contributed by atoms with van der Waals surface area (Å²) < 4.78 is 21.4. The number of carbonyl (C=O) groups excluding carboxylic acids is 1. The van der Waals surface area contributed by atoms with Gasteiger partial charge in [-0.15, -0.1) is 0 Å². The lowest BCUT2D eigenvalue weighted by atomic mass is 10.0. The molecule has 0 spiro atoms. The Balaban J connectivity index is 2.57. The van der Waals surface area contributed by atoms with Crippen LogP contribution in [0.4, 0.5) is 0 Å². The summed E-state index contributed by atoms with van der Waals surface area (Å²) in [5.74, 6) is 1.64. The van der Waals surface area contributed by atoms with Gasteiger partial charge in [-0.05, 0) is 12.1 Å². The first-order valence-electron chi connectivity index (χ1n) is 6.32. The molecule has 0 unspecified atom stereocenters. The van der Waals surface area contributed by atoms with Gasteiger partial charge in [0.1, 0.15) is 5.76 Å². The molecule has 0 N–H and O–H groups in total. The third kappa shape index (κ3) is 2.63. The minimum Gasteiger partial charge on any atom is -0.495 e. The van der Waals surface area contributed by atoms with Gasteiger partial charge in [0.15, 0.2) is 17.3 Å². The van der Waals surface area contributed by atoms with E-state index in [1.54, 1.807) is 20.3 Å². The van der Waals surface area contributed by atoms with E-state index < -0.39 is 0 Å². The molecule has 20 heavy (non-hydrogen) atoms. The van der Waals surface area contributed by atoms with E-state index in [1.165, 1.54) is 7.11 Å². The highest BCUT2D eigenvalue weighted by Crippen LogP contribution is 2.37. The minimum absolute atomic E-state index is 0.0398. The van der Waals surface area contributed by atoms with Crippen LogP contribution in [0.2, 0.25) is 0 Å². The van der Waals surface area contributed by atoms with E-state index in [9.17, 15) is 4.79 Å². The van der Waals surface area contributed by atoms with Crippen LogP contribution in [0.25, 0.3) is 5.76 Å². The standard InChI is InChI=1S/C15H18O5/c1-17-13-6-4-5-10(15(13)19-3)14(18-2)11-9-20-8-7-12(11)16/h4-6H,7-9H2,1-3H3. The van der Waals surface area contributed by atoms with Crippen molar-refractivity contribution in [1.29, 1.82) is 0 Å². The molecule has 108 valence electrons. The number of hydrogen-bond donors (Lipinski definition) is 0. The summed E-state index contributed by atoms with van der Waals surface area (Å²) in [6.45, 7) is 0.705. The molecule has 1 aromatic rings. The zero-order valence-electron chi connectivity index (χ0n) is 11.9. The maximum absolute atomic E-state index is 12.0. The molecular formula is C15H18O5. The number of ketones is 1. The second kappa shape index (κ2) is 6.43. The molecule has 0 bridgehead atoms. The molecule has 1 aliphatic heterocycles. The summed E-state index contributed by atoms with van der Waals surface area (Å²) >= 11 is 0. The normalized spacial score (nSPS) is 17.6. The quantitative estimate of drug-likeness (QED) is 0.623. The molecule has 1 saturated heterocycles. The summed E-state index contributed by atoms with van der Waals surface area (Å²) in [6.07, 6.45) is 0.370. The van der Waals surface area contributed by atoms with Crippen LogP contribution < -0.4 is 9.47 Å². The van der Waals surface area contributed by atoms with E-state index in [2.05, 4.69) is 0 Å². The van der Waals surface area contributed by atoms with Gasteiger partial charge in [0, 0.05) is 6.42 Å². The monoisotopic (exact) mass is 278 g/mol. The van der Waals surface area contributed by atoms with Crippen LogP contribution in [-0.4, -0.2) is 40.3 Å². The average molecular weight is 278 g/mol. The summed E-state index contributed by atoms with van der Waals surface area (Å²) in [5, 5.41) is 0. The lowest BCUT2D eigenvalue weighted by Crippen LogP contribution is -2.20. The Labute approximate surface area is 118 Å². The second-order valence-corrected chi connectivity index (χ2v) is 4.28. The molecule has 0 saturated carbocycles. The van der Waals surface area contributed by atoms with Crippen molar-refractivity contribution in [3.8, 4) is 11.5 Å². The van der Waals surface area contributed by atoms with Gasteiger partial charge in [-0.2, -0.15) is 0 Å². The van der Waals surface area contributed by atoms with Crippen molar-refractivity contribution in [3.05, 3.63) is 29.3 Å². The fraction of sp³-hybridized carbons (Fsp3) is 0.400. The Hall–Kier alpha value is -2.01. The molecule has 0 amide bonds. The molecule has 0 aliphatic carbocycles. The fourth-order valence-electron chi connectivity index (χ4n) is 2.22. The number of methoxy groups -OCH3 is 3. The predicted octanol–water partition coefficient (Wildman–Crippen LogP) is 2.05. The first-order valence-corrected chi connectivity index (χ1v) is 6.32. The number of ether oxygens (including phenoxy) is 4. The first-order chi connectivity index (χ1) is 9.72. The largest absolute Gasteiger partial charge is 0.495 e. The van der Waals surface area contributed by atoms with Gasteiger partial charge in [0.25, 0.3) is 0 Å². The number of rotatable bonds is 4. The summed E-state index contributed by atoms with van der Waals surface area (Å²) in [5.41, 5.74) is 1.22. The predicted molar refractivity (Wildman–Crippen MR) is 73.9 cm³/mol. The maximum atomic E-state index is 12.0. The van der Waals surface area contributed by atoms with E-state index in [1.807, 2.05) is 12.1 Å². The molecule has 0 aromatic heterocycles. The molecule has 1 fully saturated rings. The van der Waals surface area contributed by atoms with Crippen molar-refractivity contribution in [2.75, 3.05) is 34.5 Å². The van der Waals surface area contributed by atoms with Crippen LogP contribution in [0, 0.1) is 0 Å². The minimum atomic E-state index is 0.0398. The Bertz CT molecular complexity index is 533. The highest BCUT2D eigenvalue weighted by molar-refractivity contribution is 6.02. The van der Waals surface area contributed by atoms with E-state index in [0.717, 1.165) is 0 Å². The average Bonchev–Trinajstić information content (AvgIpc) is 2.49. The lowest BCUT2D eigenvalue weighted by molar-refractivity contribution is -0.119. The molecule has 2 rings (SSSR count). The van der Waals surface area contributed by atoms with Crippen molar-refractivity contribution < 1.29 is 23.7 Å². The Morgan fingerprint density at radius 1 is 1.20 bits per heavy atom. The molecule has 1 heterocycles. The molecule has 0 atom stereocenters. The molecular weight excluding hydrogens is 260 g/mol. The molecule has 5 nitrogen and oxygen atoms in total. The van der Waals surface area contributed by atoms with Crippen molar-refractivity contribution in [3.63, 3.8) is 0 Å². The Morgan fingerprint density at radius 2 is 2.00 bits per heavy atom. The van der Waals surface area contributed by atoms with Crippen molar-refractivity contribution in [2.24, 2.45) is 0 Å². The maximum Gasteiger partial charge on any atom is 0.171 e. The SMILES string of the molecule is COC(=C1COCCC1=O)c1cccc(OC)c1OC. The van der Waals surface area contributed by atoms with Gasteiger partial charge in [-0.25, -0.2) is 0 Å². The first kappa shape index (κ1) is 14.4. The third-order valence-electron chi connectivity index (χ3n) is 3.18. The van der Waals surface area contributed by atoms with Crippen molar-refractivity contribution in [1.82, 2.24) is 0 Å². The number of benzene rings is 1. The van der Waals surface area contributed by atoms with Crippen molar-refractivity contribution >= 4 is 11.5 Å². The zero-order valence-corrected chi connectivity index (χ0v) is 11.9. The van der Waals surface area contributed by atoms with Gasteiger partial charge < -0.3 is 18.9 Å². The highest BCUT2D eigenvalue weighted by Gasteiger charge is 2.24. The van der Waals surface area contributed by atoms with Gasteiger partial charge >= 0.3 is 0 Å². The summed E-state index contributed by atoms with van der Waals surface area (Å²) in [6, 6.07) is 5.44. The van der Waals surface area contributed by atoms with Gasteiger partial charge in [-0.1, -0.05) is 6.07 Å².